The summed E-state index contributed by atoms with van der Waals surface area (Å²) in [5.41, 5.74) is 0.895. The first kappa shape index (κ1) is 20.1. The monoisotopic (exact) mass is 438 g/mol. The maximum atomic E-state index is 12.9. The second-order valence-electron chi connectivity index (χ2n) is 6.60. The number of amides is 1. The Hall–Kier alpha value is -3.14. The largest absolute Gasteiger partial charge is 0.299 e. The minimum absolute atomic E-state index is 0.138. The van der Waals surface area contributed by atoms with Gasteiger partial charge in [0.05, 0.1) is 11.4 Å². The summed E-state index contributed by atoms with van der Waals surface area (Å²) in [4.78, 5) is 12.5. The van der Waals surface area contributed by atoms with E-state index in [2.05, 4.69) is 15.5 Å². The molecule has 1 amide bonds. The molecule has 0 aliphatic rings. The number of nitrogens with one attached hydrogen (secondary N) is 1. The molecule has 0 aliphatic carbocycles. The minimum Gasteiger partial charge on any atom is -0.299 e. The molecule has 0 fully saturated rings. The molecule has 0 bridgehead atoms. The zero-order chi connectivity index (χ0) is 21.1. The standard InChI is InChI=1S/C21H18N4O3S2/c1-25(30(27,28)18-12-11-15-7-5-6-10-17(15)13-18)14-19(26)22-21-24-23-20(29-21)16-8-3-2-4-9-16/h2-13H,14H2,1H3,(H,22,24,26). The van der Waals surface area contributed by atoms with Gasteiger partial charge in [0.25, 0.3) is 0 Å². The quantitative estimate of drug-likeness (QED) is 0.496. The molecular weight excluding hydrogens is 420 g/mol. The maximum Gasteiger partial charge on any atom is 0.243 e. The molecule has 1 heterocycles. The van der Waals surface area contributed by atoms with E-state index in [1.807, 2.05) is 54.6 Å². The Labute approximate surface area is 178 Å². The molecule has 1 aromatic heterocycles. The van der Waals surface area contributed by atoms with Crippen molar-refractivity contribution in [3.05, 3.63) is 72.8 Å². The van der Waals surface area contributed by atoms with Crippen LogP contribution in [0.25, 0.3) is 21.3 Å². The number of hydrogen-bond acceptors (Lipinski definition) is 6. The van der Waals surface area contributed by atoms with Crippen molar-refractivity contribution in [1.29, 1.82) is 0 Å². The van der Waals surface area contributed by atoms with E-state index in [4.69, 9.17) is 0 Å². The maximum absolute atomic E-state index is 12.9. The fraction of sp³-hybridized carbons (Fsp3) is 0.0952. The van der Waals surface area contributed by atoms with Crippen LogP contribution in [0, 0.1) is 0 Å². The van der Waals surface area contributed by atoms with E-state index in [-0.39, 0.29) is 11.4 Å². The molecule has 1 N–H and O–H groups in total. The van der Waals surface area contributed by atoms with E-state index < -0.39 is 15.9 Å². The van der Waals surface area contributed by atoms with Crippen LogP contribution in [0.15, 0.2) is 77.7 Å². The summed E-state index contributed by atoms with van der Waals surface area (Å²) in [6.07, 6.45) is 0. The predicted molar refractivity (Wildman–Crippen MR) is 118 cm³/mol. The minimum atomic E-state index is -3.82. The molecule has 7 nitrogen and oxygen atoms in total. The van der Waals surface area contributed by atoms with Crippen LogP contribution in [0.3, 0.4) is 0 Å². The normalized spacial score (nSPS) is 11.7. The first-order valence-corrected chi connectivity index (χ1v) is 11.3. The third-order valence-corrected chi connectivity index (χ3v) is 7.17. The predicted octanol–water partition coefficient (Wildman–Crippen LogP) is 3.62. The fourth-order valence-electron chi connectivity index (χ4n) is 2.92. The number of hydrogen-bond donors (Lipinski definition) is 1. The van der Waals surface area contributed by atoms with E-state index in [0.29, 0.717) is 10.1 Å². The smallest absolute Gasteiger partial charge is 0.243 e. The van der Waals surface area contributed by atoms with Crippen LogP contribution in [0.4, 0.5) is 5.13 Å². The highest BCUT2D eigenvalue weighted by molar-refractivity contribution is 7.89. The summed E-state index contributed by atoms with van der Waals surface area (Å²) in [6, 6.07) is 21.9. The van der Waals surface area contributed by atoms with Gasteiger partial charge >= 0.3 is 0 Å². The van der Waals surface area contributed by atoms with Crippen molar-refractivity contribution >= 4 is 43.2 Å². The van der Waals surface area contributed by atoms with Gasteiger partial charge in [0.2, 0.25) is 21.1 Å². The van der Waals surface area contributed by atoms with Crippen molar-refractivity contribution in [1.82, 2.24) is 14.5 Å². The molecule has 9 heteroatoms. The van der Waals surface area contributed by atoms with Gasteiger partial charge in [0, 0.05) is 12.6 Å². The SMILES string of the molecule is CN(CC(=O)Nc1nnc(-c2ccccc2)s1)S(=O)(=O)c1ccc2ccccc2c1. The van der Waals surface area contributed by atoms with Crippen molar-refractivity contribution in [3.63, 3.8) is 0 Å². The number of carbonyl (C=O) groups is 1. The molecule has 0 saturated heterocycles. The summed E-state index contributed by atoms with van der Waals surface area (Å²) in [5, 5.41) is 13.4. The highest BCUT2D eigenvalue weighted by atomic mass is 32.2. The highest BCUT2D eigenvalue weighted by Gasteiger charge is 2.23. The Kier molecular flexibility index (Phi) is 5.58. The number of nitrogens with zero attached hydrogens (tertiary/aromatic N) is 3. The molecule has 0 aliphatic heterocycles. The molecule has 0 unspecified atom stereocenters. The molecule has 0 atom stereocenters. The summed E-state index contributed by atoms with van der Waals surface area (Å²) >= 11 is 1.22. The van der Waals surface area contributed by atoms with Crippen LogP contribution in [0.5, 0.6) is 0 Å². The molecule has 152 valence electrons. The Morgan fingerprint density at radius 2 is 1.67 bits per heavy atom. The van der Waals surface area contributed by atoms with Crippen molar-refractivity contribution < 1.29 is 13.2 Å². The van der Waals surface area contributed by atoms with E-state index in [0.717, 1.165) is 20.6 Å². The number of aromatic nitrogens is 2. The first-order valence-electron chi connectivity index (χ1n) is 9.07. The number of anilines is 1. The zero-order valence-electron chi connectivity index (χ0n) is 16.0. The lowest BCUT2D eigenvalue weighted by Gasteiger charge is -2.16. The second-order valence-corrected chi connectivity index (χ2v) is 9.62. The molecule has 3 aromatic carbocycles. The van der Waals surface area contributed by atoms with Crippen LogP contribution in [0.2, 0.25) is 0 Å². The average molecular weight is 439 g/mol. The number of carbonyl (C=O) groups excluding carboxylic acids is 1. The van der Waals surface area contributed by atoms with Crippen LogP contribution < -0.4 is 5.32 Å². The summed E-state index contributed by atoms with van der Waals surface area (Å²) < 4.78 is 26.8. The highest BCUT2D eigenvalue weighted by Crippen LogP contribution is 2.26. The van der Waals surface area contributed by atoms with Gasteiger partial charge in [-0.25, -0.2) is 8.42 Å². The van der Waals surface area contributed by atoms with Crippen LogP contribution >= 0.6 is 11.3 Å². The van der Waals surface area contributed by atoms with Gasteiger partial charge in [-0.1, -0.05) is 72.0 Å². The third kappa shape index (κ3) is 4.23. The van der Waals surface area contributed by atoms with Gasteiger partial charge in [0.15, 0.2) is 0 Å². The molecule has 4 aromatic rings. The lowest BCUT2D eigenvalue weighted by atomic mass is 10.1. The zero-order valence-corrected chi connectivity index (χ0v) is 17.7. The van der Waals surface area contributed by atoms with Gasteiger partial charge in [-0.15, -0.1) is 10.2 Å². The number of likely N-dealkylation sites (N-methyl/N-ethyl adjacent to an activating group) is 1. The summed E-state index contributed by atoms with van der Waals surface area (Å²) in [6.45, 7) is -0.338. The second kappa shape index (κ2) is 8.31. The molecular formula is C21H18N4O3S2. The first-order chi connectivity index (χ1) is 14.4. The van der Waals surface area contributed by atoms with Crippen molar-refractivity contribution in [3.8, 4) is 10.6 Å². The fourth-order valence-corrected chi connectivity index (χ4v) is 4.85. The summed E-state index contributed by atoms with van der Waals surface area (Å²) in [7, 11) is -2.44. The topological polar surface area (TPSA) is 92.3 Å². The van der Waals surface area contributed by atoms with Gasteiger partial charge in [-0.2, -0.15) is 4.31 Å². The molecule has 4 rings (SSSR count). The third-order valence-electron chi connectivity index (χ3n) is 4.49. The number of rotatable bonds is 6. The number of fused-ring (bicyclic) bond motifs is 1. The van der Waals surface area contributed by atoms with E-state index >= 15 is 0 Å². The lowest BCUT2D eigenvalue weighted by molar-refractivity contribution is -0.116. The molecule has 30 heavy (non-hydrogen) atoms. The van der Waals surface area contributed by atoms with Crippen molar-refractivity contribution in [2.24, 2.45) is 0 Å². The van der Waals surface area contributed by atoms with Crippen LogP contribution in [-0.2, 0) is 14.8 Å². The molecule has 0 radical (unpaired) electrons. The van der Waals surface area contributed by atoms with Gasteiger partial charge in [0.1, 0.15) is 5.01 Å². The Bertz CT molecular complexity index is 1300. The van der Waals surface area contributed by atoms with Gasteiger partial charge in [-0.05, 0) is 22.9 Å². The number of benzene rings is 3. The van der Waals surface area contributed by atoms with E-state index in [1.165, 1.54) is 18.4 Å². The van der Waals surface area contributed by atoms with Gasteiger partial charge in [-0.3, -0.25) is 10.1 Å². The van der Waals surface area contributed by atoms with Crippen LogP contribution in [-0.4, -0.2) is 42.4 Å². The number of sulfonamides is 1. The van der Waals surface area contributed by atoms with E-state index in [9.17, 15) is 13.2 Å². The summed E-state index contributed by atoms with van der Waals surface area (Å²) in [5.74, 6) is -0.488. The van der Waals surface area contributed by atoms with E-state index in [1.54, 1.807) is 18.2 Å². The van der Waals surface area contributed by atoms with Gasteiger partial charge < -0.3 is 0 Å². The Balaban J connectivity index is 1.45. The molecule has 0 spiro atoms. The lowest BCUT2D eigenvalue weighted by Crippen LogP contribution is -2.34. The van der Waals surface area contributed by atoms with Crippen molar-refractivity contribution in [2.75, 3.05) is 18.9 Å². The average Bonchev–Trinajstić information content (AvgIpc) is 3.22. The van der Waals surface area contributed by atoms with Crippen molar-refractivity contribution in [2.45, 2.75) is 4.90 Å². The molecule has 0 saturated carbocycles. The van der Waals surface area contributed by atoms with Crippen LogP contribution in [0.1, 0.15) is 0 Å². The Morgan fingerprint density at radius 1 is 0.967 bits per heavy atom. The Morgan fingerprint density at radius 3 is 2.43 bits per heavy atom.